The first-order chi connectivity index (χ1) is 9.24. The second kappa shape index (κ2) is 4.73. The lowest BCUT2D eigenvalue weighted by atomic mass is 10.1. The van der Waals surface area contributed by atoms with Gasteiger partial charge in [-0.05, 0) is 42.0 Å². The highest BCUT2D eigenvalue weighted by Gasteiger charge is 1.98. The summed E-state index contributed by atoms with van der Waals surface area (Å²) in [6.45, 7) is 2.09. The van der Waals surface area contributed by atoms with Gasteiger partial charge in [-0.2, -0.15) is 0 Å². The Balaban J connectivity index is 1.95. The van der Waals surface area contributed by atoms with Crippen LogP contribution < -0.4 is 0 Å². The van der Waals surface area contributed by atoms with E-state index in [0.717, 1.165) is 11.4 Å². The summed E-state index contributed by atoms with van der Waals surface area (Å²) in [7, 11) is 2.05. The Morgan fingerprint density at radius 3 is 2.47 bits per heavy atom. The van der Waals surface area contributed by atoms with Crippen molar-refractivity contribution in [2.75, 3.05) is 0 Å². The number of fused-ring (bicyclic) bond motifs is 1. The Kier molecular flexibility index (Phi) is 2.92. The molecule has 0 radical (unpaired) electrons. The molecule has 0 bridgehead atoms. The van der Waals surface area contributed by atoms with Crippen LogP contribution in [0.5, 0.6) is 0 Å². The molecule has 1 aromatic heterocycles. The highest BCUT2D eigenvalue weighted by atomic mass is 15.0. The third-order valence-electron chi connectivity index (χ3n) is 3.49. The zero-order chi connectivity index (χ0) is 13.2. The molecule has 2 heteroatoms. The van der Waals surface area contributed by atoms with Crippen molar-refractivity contribution in [3.8, 4) is 0 Å². The third-order valence-corrected chi connectivity index (χ3v) is 3.49. The molecule has 94 valence electrons. The Labute approximate surface area is 113 Å². The molecule has 0 aliphatic heterocycles. The van der Waals surface area contributed by atoms with E-state index in [9.17, 15) is 0 Å². The third kappa shape index (κ3) is 2.29. The van der Waals surface area contributed by atoms with Gasteiger partial charge in [-0.3, -0.25) is 4.99 Å². The second-order valence-corrected chi connectivity index (χ2v) is 4.75. The van der Waals surface area contributed by atoms with Crippen molar-refractivity contribution >= 4 is 22.7 Å². The molecule has 0 atom stereocenters. The van der Waals surface area contributed by atoms with Gasteiger partial charge < -0.3 is 4.57 Å². The smallest absolute Gasteiger partial charge is 0.0636 e. The van der Waals surface area contributed by atoms with Crippen LogP contribution in [0, 0.1) is 6.92 Å². The van der Waals surface area contributed by atoms with Crippen molar-refractivity contribution < 1.29 is 0 Å². The minimum Gasteiger partial charge on any atom is -0.347 e. The van der Waals surface area contributed by atoms with Gasteiger partial charge in [0.2, 0.25) is 0 Å². The molecule has 0 amide bonds. The highest BCUT2D eigenvalue weighted by molar-refractivity contribution is 5.87. The van der Waals surface area contributed by atoms with Crippen molar-refractivity contribution in [2.45, 2.75) is 6.92 Å². The van der Waals surface area contributed by atoms with Gasteiger partial charge in [0, 0.05) is 12.7 Å². The zero-order valence-corrected chi connectivity index (χ0v) is 11.2. The summed E-state index contributed by atoms with van der Waals surface area (Å²) in [6.07, 6.45) is 1.91. The molecule has 0 unspecified atom stereocenters. The standard InChI is InChI=1S/C17H16N2/c1-13-7-10-17(19(13)2)12-18-16-9-8-14-5-3-4-6-15(14)11-16/h3-12H,1-2H3. The molecule has 2 aromatic carbocycles. The summed E-state index contributed by atoms with van der Waals surface area (Å²) < 4.78 is 2.13. The van der Waals surface area contributed by atoms with E-state index in [0.29, 0.717) is 0 Å². The van der Waals surface area contributed by atoms with Crippen LogP contribution in [0.25, 0.3) is 10.8 Å². The normalized spacial score (nSPS) is 11.5. The zero-order valence-electron chi connectivity index (χ0n) is 11.2. The fourth-order valence-electron chi connectivity index (χ4n) is 2.16. The average Bonchev–Trinajstić information content (AvgIpc) is 2.76. The van der Waals surface area contributed by atoms with Gasteiger partial charge in [0.1, 0.15) is 0 Å². The molecule has 3 rings (SSSR count). The number of benzene rings is 2. The monoisotopic (exact) mass is 248 g/mol. The summed E-state index contributed by atoms with van der Waals surface area (Å²) in [5, 5.41) is 2.47. The predicted molar refractivity (Wildman–Crippen MR) is 81.4 cm³/mol. The van der Waals surface area contributed by atoms with Crippen molar-refractivity contribution in [1.82, 2.24) is 4.57 Å². The number of rotatable bonds is 2. The Bertz CT molecular complexity index is 751. The van der Waals surface area contributed by atoms with Crippen LogP contribution in [-0.2, 0) is 7.05 Å². The van der Waals surface area contributed by atoms with Crippen LogP contribution in [0.1, 0.15) is 11.4 Å². The number of hydrogen-bond donors (Lipinski definition) is 0. The summed E-state index contributed by atoms with van der Waals surface area (Å²) in [5.41, 5.74) is 3.34. The fraction of sp³-hybridized carbons (Fsp3) is 0.118. The maximum Gasteiger partial charge on any atom is 0.0636 e. The molecule has 0 N–H and O–H groups in total. The predicted octanol–water partition coefficient (Wildman–Crippen LogP) is 4.24. The van der Waals surface area contributed by atoms with E-state index < -0.39 is 0 Å². The van der Waals surface area contributed by atoms with E-state index >= 15 is 0 Å². The van der Waals surface area contributed by atoms with Crippen LogP contribution in [-0.4, -0.2) is 10.8 Å². The van der Waals surface area contributed by atoms with Crippen molar-refractivity contribution in [1.29, 1.82) is 0 Å². The molecular weight excluding hydrogens is 232 g/mol. The van der Waals surface area contributed by atoms with E-state index in [1.807, 2.05) is 6.21 Å². The van der Waals surface area contributed by atoms with E-state index in [1.165, 1.54) is 16.5 Å². The highest BCUT2D eigenvalue weighted by Crippen LogP contribution is 2.21. The summed E-state index contributed by atoms with van der Waals surface area (Å²) in [5.74, 6) is 0. The number of aryl methyl sites for hydroxylation is 1. The molecule has 0 aliphatic carbocycles. The van der Waals surface area contributed by atoms with Gasteiger partial charge in [0.25, 0.3) is 0 Å². The van der Waals surface area contributed by atoms with Crippen molar-refractivity contribution in [2.24, 2.45) is 12.0 Å². The minimum atomic E-state index is 0.984. The number of aliphatic imine (C=N–C) groups is 1. The van der Waals surface area contributed by atoms with E-state index in [-0.39, 0.29) is 0 Å². The molecule has 0 spiro atoms. The maximum absolute atomic E-state index is 4.55. The van der Waals surface area contributed by atoms with Gasteiger partial charge >= 0.3 is 0 Å². The van der Waals surface area contributed by atoms with Gasteiger partial charge in [0.15, 0.2) is 0 Å². The average molecular weight is 248 g/mol. The van der Waals surface area contributed by atoms with Gasteiger partial charge in [0.05, 0.1) is 17.6 Å². The number of nitrogens with zero attached hydrogens (tertiary/aromatic N) is 2. The number of aromatic nitrogens is 1. The van der Waals surface area contributed by atoms with Gasteiger partial charge in [-0.15, -0.1) is 0 Å². The van der Waals surface area contributed by atoms with Crippen LogP contribution in [0.3, 0.4) is 0 Å². The lowest BCUT2D eigenvalue weighted by molar-refractivity contribution is 0.874. The van der Waals surface area contributed by atoms with E-state index in [2.05, 4.69) is 78.1 Å². The quantitative estimate of drug-likeness (QED) is 0.604. The molecule has 3 aromatic rings. The molecule has 0 saturated heterocycles. The lowest BCUT2D eigenvalue weighted by Gasteiger charge is -2.01. The molecular formula is C17H16N2. The fourth-order valence-corrected chi connectivity index (χ4v) is 2.16. The molecule has 19 heavy (non-hydrogen) atoms. The minimum absolute atomic E-state index is 0.984. The maximum atomic E-state index is 4.55. The lowest BCUT2D eigenvalue weighted by Crippen LogP contribution is -1.96. The van der Waals surface area contributed by atoms with Crippen molar-refractivity contribution in [3.05, 3.63) is 66.0 Å². The molecule has 1 heterocycles. The Morgan fingerprint density at radius 1 is 0.947 bits per heavy atom. The first kappa shape index (κ1) is 11.7. The first-order valence-electron chi connectivity index (χ1n) is 6.39. The molecule has 0 fully saturated rings. The summed E-state index contributed by atoms with van der Waals surface area (Å²) >= 11 is 0. The van der Waals surface area contributed by atoms with Crippen LogP contribution in [0.4, 0.5) is 5.69 Å². The Hall–Kier alpha value is -2.35. The van der Waals surface area contributed by atoms with Crippen LogP contribution >= 0.6 is 0 Å². The Morgan fingerprint density at radius 2 is 1.74 bits per heavy atom. The first-order valence-corrected chi connectivity index (χ1v) is 6.39. The van der Waals surface area contributed by atoms with Crippen molar-refractivity contribution in [3.63, 3.8) is 0 Å². The van der Waals surface area contributed by atoms with E-state index in [4.69, 9.17) is 0 Å². The largest absolute Gasteiger partial charge is 0.347 e. The topological polar surface area (TPSA) is 17.3 Å². The van der Waals surface area contributed by atoms with Gasteiger partial charge in [-0.1, -0.05) is 30.3 Å². The number of hydrogen-bond acceptors (Lipinski definition) is 1. The summed E-state index contributed by atoms with van der Waals surface area (Å²) in [6, 6.07) is 18.8. The second-order valence-electron chi connectivity index (χ2n) is 4.75. The summed E-state index contributed by atoms with van der Waals surface area (Å²) in [4.78, 5) is 4.55. The molecule has 2 nitrogen and oxygen atoms in total. The van der Waals surface area contributed by atoms with Crippen LogP contribution in [0.15, 0.2) is 59.6 Å². The SMILES string of the molecule is Cc1ccc(C=Nc2ccc3ccccc3c2)n1C. The van der Waals surface area contributed by atoms with E-state index in [1.54, 1.807) is 0 Å². The van der Waals surface area contributed by atoms with Gasteiger partial charge in [-0.25, -0.2) is 0 Å². The molecule has 0 saturated carbocycles. The van der Waals surface area contributed by atoms with Crippen LogP contribution in [0.2, 0.25) is 0 Å². The molecule has 0 aliphatic rings.